The van der Waals surface area contributed by atoms with E-state index in [-0.39, 0.29) is 28.2 Å². The van der Waals surface area contributed by atoms with Gasteiger partial charge in [0.05, 0.1) is 58.8 Å². The SMILES string of the molecule is Br.CC[N+](C)(CC)CCOC12CC3CC(C1)C(=C(OC)c1cccc(C)c1)C(C3)C2.COC(=C1C2CC3CC1CC(OCCBr)(C3)C2)c1cccc(C)c1. The monoisotopic (exact) mass is 868 g/mol. The van der Waals surface area contributed by atoms with E-state index in [0.717, 1.165) is 52.9 Å². The van der Waals surface area contributed by atoms with Crippen LogP contribution in [0.15, 0.2) is 59.7 Å². The third kappa shape index (κ3) is 8.61. The van der Waals surface area contributed by atoms with Gasteiger partial charge in [-0.25, -0.2) is 0 Å². The van der Waals surface area contributed by atoms with Gasteiger partial charge in [-0.15, -0.1) is 17.0 Å². The van der Waals surface area contributed by atoms with Crippen LogP contribution in [-0.4, -0.2) is 75.1 Å². The number of methoxy groups -OCH3 is 2. The van der Waals surface area contributed by atoms with Gasteiger partial charge in [0.2, 0.25) is 0 Å². The second-order valence-electron chi connectivity index (χ2n) is 18.1. The molecule has 0 aromatic heterocycles. The Balaban J connectivity index is 0.000000184. The van der Waals surface area contributed by atoms with Crippen LogP contribution >= 0.6 is 32.9 Å². The van der Waals surface area contributed by atoms with Gasteiger partial charge in [-0.1, -0.05) is 63.5 Å². The van der Waals surface area contributed by atoms with Gasteiger partial charge in [0, 0.05) is 16.5 Å². The molecular formula is C47H68Br2NO4+. The molecule has 0 heterocycles. The summed E-state index contributed by atoms with van der Waals surface area (Å²) in [5.74, 6) is 6.53. The van der Waals surface area contributed by atoms with Gasteiger partial charge in [0.1, 0.15) is 18.1 Å². The summed E-state index contributed by atoms with van der Waals surface area (Å²) in [6, 6.07) is 17.6. The van der Waals surface area contributed by atoms with Crippen molar-refractivity contribution in [3.05, 3.63) is 81.9 Å². The van der Waals surface area contributed by atoms with Crippen LogP contribution in [-0.2, 0) is 18.9 Å². The van der Waals surface area contributed by atoms with E-state index < -0.39 is 0 Å². The summed E-state index contributed by atoms with van der Waals surface area (Å²) < 4.78 is 26.2. The molecule has 0 N–H and O–H groups in total. The molecule has 298 valence electrons. The second-order valence-corrected chi connectivity index (χ2v) is 18.9. The maximum absolute atomic E-state index is 6.75. The lowest BCUT2D eigenvalue weighted by Crippen LogP contribution is -2.54. The Morgan fingerprint density at radius 1 is 0.667 bits per heavy atom. The van der Waals surface area contributed by atoms with Crippen LogP contribution in [0.25, 0.3) is 11.5 Å². The topological polar surface area (TPSA) is 36.9 Å². The highest BCUT2D eigenvalue weighted by atomic mass is 79.9. The molecule has 8 saturated carbocycles. The number of nitrogens with zero attached hydrogens (tertiary/aromatic N) is 1. The molecule has 8 aliphatic rings. The minimum absolute atomic E-state index is 0. The van der Waals surface area contributed by atoms with E-state index in [1.54, 1.807) is 11.1 Å². The lowest BCUT2D eigenvalue weighted by molar-refractivity contribution is -0.906. The van der Waals surface area contributed by atoms with Gasteiger partial charge < -0.3 is 23.4 Å². The van der Waals surface area contributed by atoms with Crippen molar-refractivity contribution in [2.45, 2.75) is 103 Å². The summed E-state index contributed by atoms with van der Waals surface area (Å²) in [6.45, 7) is 14.1. The quantitative estimate of drug-likeness (QED) is 0.114. The molecule has 0 amide bonds. The standard InChI is InChI=1S/C26H40NO2.C21H27BrO2.BrH/c1-6-27(4,7-2)11-12-29-26-16-20-14-22(17-26)24(23(15-20)18-26)25(28-5)21-10-8-9-19(3)13-21;1-14-4-3-5-16(8-14)20(23-2)19-17-9-15-10-18(19)13-21(11-15,12-17)24-7-6-22;/h8-10,13,20,22-23H,6-7,11-12,14-18H2,1-5H3;3-5,8,15,17-18H,6-7,9-13H2,1-2H3;1H/q+1;;. The molecule has 0 radical (unpaired) electrons. The number of likely N-dealkylation sites (N-methyl/N-ethyl adjacent to an activating group) is 1. The predicted octanol–water partition coefficient (Wildman–Crippen LogP) is 11.4. The molecule has 10 rings (SSSR count). The van der Waals surface area contributed by atoms with Crippen molar-refractivity contribution in [2.75, 3.05) is 59.4 Å². The maximum atomic E-state index is 6.75. The van der Waals surface area contributed by atoms with E-state index in [4.69, 9.17) is 18.9 Å². The first-order chi connectivity index (χ1) is 25.5. The summed E-state index contributed by atoms with van der Waals surface area (Å²) >= 11 is 3.52. The van der Waals surface area contributed by atoms with Crippen molar-refractivity contribution in [1.82, 2.24) is 0 Å². The van der Waals surface area contributed by atoms with E-state index >= 15 is 0 Å². The highest BCUT2D eigenvalue weighted by molar-refractivity contribution is 9.09. The summed E-state index contributed by atoms with van der Waals surface area (Å²) in [5, 5.41) is 0.935. The van der Waals surface area contributed by atoms with Gasteiger partial charge >= 0.3 is 0 Å². The van der Waals surface area contributed by atoms with Gasteiger partial charge in [-0.2, -0.15) is 0 Å². The van der Waals surface area contributed by atoms with Crippen molar-refractivity contribution in [3.8, 4) is 0 Å². The van der Waals surface area contributed by atoms with E-state index in [0.29, 0.717) is 23.7 Å². The van der Waals surface area contributed by atoms with E-state index in [1.165, 1.54) is 99.6 Å². The fraction of sp³-hybridized carbons (Fsp3) is 0.660. The van der Waals surface area contributed by atoms with Gasteiger partial charge in [0.15, 0.2) is 0 Å². The Morgan fingerprint density at radius 2 is 1.07 bits per heavy atom. The van der Waals surface area contributed by atoms with Crippen molar-refractivity contribution in [1.29, 1.82) is 0 Å². The Kier molecular flexibility index (Phi) is 13.6. The molecule has 0 saturated heterocycles. The normalized spacial score (nSPS) is 31.5. The Bertz CT molecular complexity index is 1630. The van der Waals surface area contributed by atoms with Crippen LogP contribution in [0.2, 0.25) is 0 Å². The molecule has 2 aromatic carbocycles. The molecule has 5 nitrogen and oxygen atoms in total. The molecule has 0 spiro atoms. The number of hydrogen-bond acceptors (Lipinski definition) is 4. The number of aryl methyl sites for hydroxylation is 2. The number of quaternary nitrogens is 1. The molecule has 8 aliphatic carbocycles. The zero-order valence-electron chi connectivity index (χ0n) is 34.3. The molecule has 4 atom stereocenters. The molecular weight excluding hydrogens is 802 g/mol. The highest BCUT2D eigenvalue weighted by Gasteiger charge is 2.56. The zero-order chi connectivity index (χ0) is 37.4. The second kappa shape index (κ2) is 17.5. The first-order valence-electron chi connectivity index (χ1n) is 20.9. The molecule has 8 bridgehead atoms. The van der Waals surface area contributed by atoms with Gasteiger partial charge in [-0.05, 0) is 151 Å². The molecule has 0 aliphatic heterocycles. The lowest BCUT2D eigenvalue weighted by Gasteiger charge is -2.57. The number of hydrogen-bond donors (Lipinski definition) is 0. The fourth-order valence-corrected chi connectivity index (χ4v) is 12.3. The molecule has 8 fully saturated rings. The number of ether oxygens (including phenoxy) is 4. The van der Waals surface area contributed by atoms with Gasteiger partial charge in [-0.3, -0.25) is 0 Å². The third-order valence-corrected chi connectivity index (χ3v) is 14.9. The van der Waals surface area contributed by atoms with Crippen molar-refractivity contribution in [2.24, 2.45) is 35.5 Å². The smallest absolute Gasteiger partial charge is 0.125 e. The minimum atomic E-state index is 0. The first kappa shape index (κ1) is 42.0. The number of rotatable bonds is 13. The van der Waals surface area contributed by atoms with Crippen molar-refractivity contribution < 1.29 is 23.4 Å². The predicted molar refractivity (Wildman–Crippen MR) is 231 cm³/mol. The van der Waals surface area contributed by atoms with Crippen LogP contribution < -0.4 is 0 Å². The summed E-state index contributed by atoms with van der Waals surface area (Å²) in [5.41, 5.74) is 8.53. The van der Waals surface area contributed by atoms with Gasteiger partial charge in [0.25, 0.3) is 0 Å². The Morgan fingerprint density at radius 3 is 1.43 bits per heavy atom. The number of halogens is 2. The van der Waals surface area contributed by atoms with Crippen LogP contribution in [0, 0.1) is 49.4 Å². The molecule has 7 heteroatoms. The highest BCUT2D eigenvalue weighted by Crippen LogP contribution is 2.62. The third-order valence-electron chi connectivity index (χ3n) is 14.6. The van der Waals surface area contributed by atoms with E-state index in [1.807, 2.05) is 14.2 Å². The van der Waals surface area contributed by atoms with Crippen molar-refractivity contribution in [3.63, 3.8) is 0 Å². The fourth-order valence-electron chi connectivity index (χ4n) is 12.2. The summed E-state index contributed by atoms with van der Waals surface area (Å²) in [6.07, 6.45) is 12.6. The van der Waals surface area contributed by atoms with E-state index in [9.17, 15) is 0 Å². The Labute approximate surface area is 346 Å². The minimum Gasteiger partial charge on any atom is -0.496 e. The summed E-state index contributed by atoms with van der Waals surface area (Å²) in [7, 11) is 6.06. The van der Waals surface area contributed by atoms with E-state index in [2.05, 4.69) is 99.2 Å². The largest absolute Gasteiger partial charge is 0.496 e. The molecule has 2 aromatic rings. The summed E-state index contributed by atoms with van der Waals surface area (Å²) in [4.78, 5) is 0. The average molecular weight is 871 g/mol. The number of benzene rings is 2. The first-order valence-corrected chi connectivity index (χ1v) is 22.0. The zero-order valence-corrected chi connectivity index (χ0v) is 37.6. The van der Waals surface area contributed by atoms with Crippen molar-refractivity contribution >= 4 is 44.4 Å². The van der Waals surface area contributed by atoms with Crippen LogP contribution in [0.4, 0.5) is 0 Å². The number of alkyl halides is 1. The molecule has 54 heavy (non-hydrogen) atoms. The number of allylic oxidation sites excluding steroid dienone is 2. The van der Waals surface area contributed by atoms with Crippen LogP contribution in [0.3, 0.4) is 0 Å². The average Bonchev–Trinajstić information content (AvgIpc) is 3.13. The maximum Gasteiger partial charge on any atom is 0.125 e. The Hall–Kier alpha value is -1.64. The van der Waals surface area contributed by atoms with Crippen LogP contribution in [0.1, 0.15) is 100 Å². The lowest BCUT2D eigenvalue weighted by atomic mass is 9.52. The molecule has 4 unspecified atom stereocenters. The van der Waals surface area contributed by atoms with Crippen LogP contribution in [0.5, 0.6) is 0 Å².